The third-order valence-corrected chi connectivity index (χ3v) is 2.32. The third-order valence-electron chi connectivity index (χ3n) is 2.32. The average Bonchev–Trinajstić information content (AvgIpc) is 2.63. The van der Waals surface area contributed by atoms with Crippen molar-refractivity contribution in [2.24, 2.45) is 5.73 Å². The standard InChI is InChI=1S/C11H10FN3O/c1-7-14-5-6-15(7)9-4-2-3-8(12)10(9)11(13)16/h2-6H,1H3,(H2,13,16). The third kappa shape index (κ3) is 1.56. The number of imidazole rings is 1. The van der Waals surface area contributed by atoms with Crippen LogP contribution in [-0.2, 0) is 0 Å². The Morgan fingerprint density at radius 3 is 2.81 bits per heavy atom. The molecule has 0 aliphatic carbocycles. The van der Waals surface area contributed by atoms with Gasteiger partial charge in [-0.2, -0.15) is 0 Å². The number of halogens is 1. The number of rotatable bonds is 2. The Hall–Kier alpha value is -2.17. The molecule has 1 heterocycles. The van der Waals surface area contributed by atoms with E-state index < -0.39 is 11.7 Å². The molecule has 0 bridgehead atoms. The first-order valence-electron chi connectivity index (χ1n) is 4.70. The van der Waals surface area contributed by atoms with Crippen LogP contribution < -0.4 is 5.73 Å². The Morgan fingerprint density at radius 2 is 2.25 bits per heavy atom. The van der Waals surface area contributed by atoms with E-state index in [1.807, 2.05) is 0 Å². The summed E-state index contributed by atoms with van der Waals surface area (Å²) in [5.41, 5.74) is 5.44. The molecule has 82 valence electrons. The number of primary amides is 1. The molecule has 5 heteroatoms. The summed E-state index contributed by atoms with van der Waals surface area (Å²) in [5.74, 6) is -0.757. The number of aromatic nitrogens is 2. The predicted octanol–water partition coefficient (Wildman–Crippen LogP) is 1.42. The summed E-state index contributed by atoms with van der Waals surface area (Å²) in [7, 11) is 0. The van der Waals surface area contributed by atoms with Crippen molar-refractivity contribution in [3.63, 3.8) is 0 Å². The summed E-state index contributed by atoms with van der Waals surface area (Å²) in [6.45, 7) is 1.76. The van der Waals surface area contributed by atoms with Gasteiger partial charge in [0.25, 0.3) is 5.91 Å². The summed E-state index contributed by atoms with van der Waals surface area (Å²) in [6, 6.07) is 4.35. The fraction of sp³-hybridized carbons (Fsp3) is 0.0909. The van der Waals surface area contributed by atoms with Gasteiger partial charge in [-0.15, -0.1) is 0 Å². The van der Waals surface area contributed by atoms with Gasteiger partial charge < -0.3 is 10.3 Å². The van der Waals surface area contributed by atoms with Crippen molar-refractivity contribution >= 4 is 5.91 Å². The van der Waals surface area contributed by atoms with Crippen LogP contribution in [0.25, 0.3) is 5.69 Å². The van der Waals surface area contributed by atoms with E-state index in [9.17, 15) is 9.18 Å². The Bertz CT molecular complexity index is 548. The molecular weight excluding hydrogens is 209 g/mol. The Kier molecular flexibility index (Phi) is 2.44. The highest BCUT2D eigenvalue weighted by Gasteiger charge is 2.15. The first-order chi connectivity index (χ1) is 7.61. The molecule has 2 rings (SSSR count). The van der Waals surface area contributed by atoms with E-state index >= 15 is 0 Å². The second-order valence-corrected chi connectivity index (χ2v) is 3.34. The number of carbonyl (C=O) groups is 1. The molecule has 0 radical (unpaired) electrons. The minimum Gasteiger partial charge on any atom is -0.365 e. The van der Waals surface area contributed by atoms with Crippen LogP contribution in [0.2, 0.25) is 0 Å². The monoisotopic (exact) mass is 219 g/mol. The predicted molar refractivity (Wildman–Crippen MR) is 56.8 cm³/mol. The molecule has 2 N–H and O–H groups in total. The maximum atomic E-state index is 13.5. The molecule has 0 aliphatic heterocycles. The lowest BCUT2D eigenvalue weighted by molar-refractivity contribution is 0.0996. The van der Waals surface area contributed by atoms with Gasteiger partial charge in [-0.1, -0.05) is 6.07 Å². The van der Waals surface area contributed by atoms with Crippen molar-refractivity contribution in [1.82, 2.24) is 9.55 Å². The molecular formula is C11H10FN3O. The van der Waals surface area contributed by atoms with E-state index in [4.69, 9.17) is 5.73 Å². The second-order valence-electron chi connectivity index (χ2n) is 3.34. The van der Waals surface area contributed by atoms with Gasteiger partial charge in [-0.05, 0) is 19.1 Å². The van der Waals surface area contributed by atoms with Gasteiger partial charge >= 0.3 is 0 Å². The van der Waals surface area contributed by atoms with Crippen molar-refractivity contribution in [1.29, 1.82) is 0 Å². The number of hydrogen-bond donors (Lipinski definition) is 1. The number of hydrogen-bond acceptors (Lipinski definition) is 2. The zero-order chi connectivity index (χ0) is 11.7. The van der Waals surface area contributed by atoms with Crippen molar-refractivity contribution in [3.05, 3.63) is 47.8 Å². The highest BCUT2D eigenvalue weighted by molar-refractivity contribution is 5.96. The lowest BCUT2D eigenvalue weighted by Crippen LogP contribution is -2.17. The van der Waals surface area contributed by atoms with Crippen molar-refractivity contribution in [3.8, 4) is 5.69 Å². The van der Waals surface area contributed by atoms with Crippen molar-refractivity contribution in [2.45, 2.75) is 6.92 Å². The van der Waals surface area contributed by atoms with Crippen LogP contribution in [0.3, 0.4) is 0 Å². The molecule has 0 atom stereocenters. The van der Waals surface area contributed by atoms with Gasteiger partial charge in [-0.25, -0.2) is 9.37 Å². The zero-order valence-electron chi connectivity index (χ0n) is 8.64. The topological polar surface area (TPSA) is 60.9 Å². The lowest BCUT2D eigenvalue weighted by Gasteiger charge is -2.09. The number of carbonyl (C=O) groups excluding carboxylic acids is 1. The van der Waals surface area contributed by atoms with Crippen LogP contribution in [-0.4, -0.2) is 15.5 Å². The molecule has 0 saturated heterocycles. The van der Waals surface area contributed by atoms with Crippen molar-refractivity contribution < 1.29 is 9.18 Å². The first-order valence-corrected chi connectivity index (χ1v) is 4.70. The zero-order valence-corrected chi connectivity index (χ0v) is 8.64. The van der Waals surface area contributed by atoms with E-state index in [0.29, 0.717) is 11.5 Å². The minimum absolute atomic E-state index is 0.122. The maximum Gasteiger partial charge on any atom is 0.253 e. The molecule has 0 spiro atoms. The number of aryl methyl sites for hydroxylation is 1. The fourth-order valence-electron chi connectivity index (χ4n) is 1.59. The van der Waals surface area contributed by atoms with Crippen LogP contribution in [0.5, 0.6) is 0 Å². The molecule has 2 aromatic rings. The van der Waals surface area contributed by atoms with E-state index in [1.54, 1.807) is 30.0 Å². The van der Waals surface area contributed by atoms with Gasteiger partial charge in [0, 0.05) is 12.4 Å². The lowest BCUT2D eigenvalue weighted by atomic mass is 10.1. The van der Waals surface area contributed by atoms with E-state index in [2.05, 4.69) is 4.98 Å². The first kappa shape index (κ1) is 10.4. The summed E-state index contributed by atoms with van der Waals surface area (Å²) >= 11 is 0. The Morgan fingerprint density at radius 1 is 1.50 bits per heavy atom. The van der Waals surface area contributed by atoms with E-state index in [-0.39, 0.29) is 5.56 Å². The molecule has 0 fully saturated rings. The molecule has 0 saturated carbocycles. The van der Waals surface area contributed by atoms with Gasteiger partial charge in [0.2, 0.25) is 0 Å². The Balaban J connectivity index is 2.70. The normalized spacial score (nSPS) is 10.4. The fourth-order valence-corrected chi connectivity index (χ4v) is 1.59. The highest BCUT2D eigenvalue weighted by atomic mass is 19.1. The smallest absolute Gasteiger partial charge is 0.253 e. The molecule has 16 heavy (non-hydrogen) atoms. The van der Waals surface area contributed by atoms with Crippen LogP contribution in [0.1, 0.15) is 16.2 Å². The summed E-state index contributed by atoms with van der Waals surface area (Å²) < 4.78 is 15.1. The van der Waals surface area contributed by atoms with Crippen LogP contribution in [0, 0.1) is 12.7 Å². The van der Waals surface area contributed by atoms with Crippen LogP contribution >= 0.6 is 0 Å². The number of nitrogens with two attached hydrogens (primary N) is 1. The quantitative estimate of drug-likeness (QED) is 0.830. The molecule has 4 nitrogen and oxygen atoms in total. The SMILES string of the molecule is Cc1nccn1-c1cccc(F)c1C(N)=O. The molecule has 1 aromatic carbocycles. The van der Waals surface area contributed by atoms with Crippen molar-refractivity contribution in [2.75, 3.05) is 0 Å². The molecule has 1 amide bonds. The Labute approximate surface area is 91.5 Å². The second kappa shape index (κ2) is 3.77. The largest absolute Gasteiger partial charge is 0.365 e. The number of nitrogens with zero attached hydrogens (tertiary/aromatic N) is 2. The van der Waals surface area contributed by atoms with E-state index in [0.717, 1.165) is 0 Å². The van der Waals surface area contributed by atoms with Gasteiger partial charge in [0.1, 0.15) is 11.6 Å². The average molecular weight is 219 g/mol. The van der Waals surface area contributed by atoms with Gasteiger partial charge in [-0.3, -0.25) is 4.79 Å². The van der Waals surface area contributed by atoms with E-state index in [1.165, 1.54) is 12.1 Å². The molecule has 0 unspecified atom stereocenters. The summed E-state index contributed by atoms with van der Waals surface area (Å²) in [5, 5.41) is 0. The summed E-state index contributed by atoms with van der Waals surface area (Å²) in [6.07, 6.45) is 3.22. The highest BCUT2D eigenvalue weighted by Crippen LogP contribution is 2.18. The summed E-state index contributed by atoms with van der Waals surface area (Å²) in [4.78, 5) is 15.2. The maximum absolute atomic E-state index is 13.5. The van der Waals surface area contributed by atoms with Gasteiger partial charge in [0.05, 0.1) is 11.3 Å². The van der Waals surface area contributed by atoms with Crippen LogP contribution in [0.15, 0.2) is 30.6 Å². The molecule has 0 aliphatic rings. The van der Waals surface area contributed by atoms with Gasteiger partial charge in [0.15, 0.2) is 0 Å². The van der Waals surface area contributed by atoms with Crippen LogP contribution in [0.4, 0.5) is 4.39 Å². The minimum atomic E-state index is -0.791. The number of benzene rings is 1. The number of amides is 1. The molecule has 1 aromatic heterocycles.